The second kappa shape index (κ2) is 9.05. The van der Waals surface area contributed by atoms with Crippen molar-refractivity contribution in [3.63, 3.8) is 0 Å². The van der Waals surface area contributed by atoms with E-state index in [0.29, 0.717) is 24.6 Å². The number of carbonyl (C=O) groups excluding carboxylic acids is 1. The molecule has 3 aromatic rings. The maximum absolute atomic E-state index is 13.0. The first-order valence-corrected chi connectivity index (χ1v) is 9.31. The summed E-state index contributed by atoms with van der Waals surface area (Å²) in [5.41, 5.74) is 0. The average molecular weight is 457 g/mol. The molecule has 0 fully saturated rings. The van der Waals surface area contributed by atoms with Crippen LogP contribution >= 0.6 is 27.5 Å². The van der Waals surface area contributed by atoms with Crippen molar-refractivity contribution in [2.75, 3.05) is 6.54 Å². The zero-order valence-corrected chi connectivity index (χ0v) is 16.5. The number of furan rings is 1. The van der Waals surface area contributed by atoms with Gasteiger partial charge in [-0.15, -0.1) is 0 Å². The molecule has 0 aliphatic carbocycles. The van der Waals surface area contributed by atoms with Crippen LogP contribution in [0, 0.1) is 5.82 Å². The third-order valence-electron chi connectivity index (χ3n) is 3.60. The van der Waals surface area contributed by atoms with E-state index in [1.807, 2.05) is 6.20 Å². The summed E-state index contributed by atoms with van der Waals surface area (Å²) in [6, 6.07) is 7.08. The zero-order valence-electron chi connectivity index (χ0n) is 14.1. The number of amides is 1. The molecule has 6 nitrogen and oxygen atoms in total. The fourth-order valence-electron chi connectivity index (χ4n) is 2.31. The Morgan fingerprint density at radius 2 is 2.22 bits per heavy atom. The van der Waals surface area contributed by atoms with Crippen molar-refractivity contribution >= 4 is 33.4 Å². The quantitative estimate of drug-likeness (QED) is 0.509. The lowest BCUT2D eigenvalue weighted by Crippen LogP contribution is -2.24. The lowest BCUT2D eigenvalue weighted by Gasteiger charge is -2.06. The van der Waals surface area contributed by atoms with E-state index < -0.39 is 5.82 Å². The fraction of sp³-hybridized carbons (Fsp3) is 0.222. The summed E-state index contributed by atoms with van der Waals surface area (Å²) in [6.07, 6.45) is 4.32. The van der Waals surface area contributed by atoms with Crippen LogP contribution in [0.5, 0.6) is 5.75 Å². The fourth-order valence-corrected chi connectivity index (χ4v) is 2.86. The van der Waals surface area contributed by atoms with E-state index in [0.717, 1.165) is 10.9 Å². The first-order chi connectivity index (χ1) is 13.0. The van der Waals surface area contributed by atoms with Gasteiger partial charge < -0.3 is 14.5 Å². The lowest BCUT2D eigenvalue weighted by molar-refractivity contribution is 0.0920. The van der Waals surface area contributed by atoms with Crippen molar-refractivity contribution < 1.29 is 18.3 Å². The SMILES string of the molecule is O=C(NCCCn1cc(Br)cn1)c1ccc(COc2ccc(F)cc2Cl)o1. The van der Waals surface area contributed by atoms with E-state index in [9.17, 15) is 9.18 Å². The van der Waals surface area contributed by atoms with Gasteiger partial charge in [0.15, 0.2) is 5.76 Å². The van der Waals surface area contributed by atoms with Gasteiger partial charge in [0.2, 0.25) is 0 Å². The molecule has 9 heteroatoms. The smallest absolute Gasteiger partial charge is 0.286 e. The highest BCUT2D eigenvalue weighted by atomic mass is 79.9. The molecule has 0 atom stereocenters. The zero-order chi connectivity index (χ0) is 19.2. The van der Waals surface area contributed by atoms with Gasteiger partial charge in [-0.2, -0.15) is 5.10 Å². The van der Waals surface area contributed by atoms with Gasteiger partial charge in [-0.05, 0) is 52.7 Å². The van der Waals surface area contributed by atoms with Crippen LogP contribution in [-0.2, 0) is 13.2 Å². The first kappa shape index (κ1) is 19.4. The number of ether oxygens (including phenoxy) is 1. The molecule has 1 aromatic carbocycles. The minimum atomic E-state index is -0.440. The van der Waals surface area contributed by atoms with Crippen LogP contribution < -0.4 is 10.1 Å². The Morgan fingerprint density at radius 1 is 1.37 bits per heavy atom. The number of hydrogen-bond acceptors (Lipinski definition) is 4. The average Bonchev–Trinajstić information content (AvgIpc) is 3.27. The Bertz CT molecular complexity index is 928. The van der Waals surface area contributed by atoms with Crippen LogP contribution in [0.1, 0.15) is 22.7 Å². The van der Waals surface area contributed by atoms with Gasteiger partial charge >= 0.3 is 0 Å². The van der Waals surface area contributed by atoms with Crippen LogP contribution in [0.25, 0.3) is 0 Å². The van der Waals surface area contributed by atoms with Gasteiger partial charge in [-0.1, -0.05) is 11.6 Å². The molecule has 0 unspecified atom stereocenters. The molecule has 142 valence electrons. The molecule has 0 spiro atoms. The van der Waals surface area contributed by atoms with Crippen LogP contribution in [-0.4, -0.2) is 22.2 Å². The van der Waals surface area contributed by atoms with Crippen molar-refractivity contribution in [1.82, 2.24) is 15.1 Å². The second-order valence-corrected chi connectivity index (χ2v) is 6.98. The van der Waals surface area contributed by atoms with Gasteiger partial charge in [-0.3, -0.25) is 9.48 Å². The molecule has 0 radical (unpaired) electrons. The van der Waals surface area contributed by atoms with Crippen molar-refractivity contribution in [2.24, 2.45) is 0 Å². The Labute approximate surface area is 168 Å². The third kappa shape index (κ3) is 5.58. The molecule has 2 heterocycles. The van der Waals surface area contributed by atoms with Gasteiger partial charge in [0, 0.05) is 19.3 Å². The van der Waals surface area contributed by atoms with Crippen molar-refractivity contribution in [3.8, 4) is 5.75 Å². The van der Waals surface area contributed by atoms with E-state index in [4.69, 9.17) is 20.8 Å². The monoisotopic (exact) mass is 455 g/mol. The molecule has 0 aliphatic rings. The summed E-state index contributed by atoms with van der Waals surface area (Å²) >= 11 is 9.23. The standard InChI is InChI=1S/C18H16BrClFN3O3/c19-12-9-23-24(10-12)7-1-6-22-18(25)17-5-3-14(27-17)11-26-16-4-2-13(21)8-15(16)20/h2-5,8-10H,1,6-7,11H2,(H,22,25). The summed E-state index contributed by atoms with van der Waals surface area (Å²) in [4.78, 5) is 12.1. The number of halogens is 3. The number of nitrogens with one attached hydrogen (secondary N) is 1. The molecule has 0 aliphatic heterocycles. The van der Waals surface area contributed by atoms with Crippen molar-refractivity contribution in [3.05, 3.63) is 69.6 Å². The molecule has 3 rings (SSSR count). The molecule has 0 saturated heterocycles. The van der Waals surface area contributed by atoms with Crippen molar-refractivity contribution in [1.29, 1.82) is 0 Å². The highest BCUT2D eigenvalue weighted by molar-refractivity contribution is 9.10. The predicted octanol–water partition coefficient (Wildman–Crippen LogP) is 4.43. The van der Waals surface area contributed by atoms with Crippen LogP contribution in [0.3, 0.4) is 0 Å². The van der Waals surface area contributed by atoms with Gasteiger partial charge in [-0.25, -0.2) is 4.39 Å². The number of carbonyl (C=O) groups is 1. The Morgan fingerprint density at radius 3 is 2.96 bits per heavy atom. The lowest BCUT2D eigenvalue weighted by atomic mass is 10.3. The van der Waals surface area contributed by atoms with Crippen LogP contribution in [0.4, 0.5) is 4.39 Å². The number of rotatable bonds is 8. The molecule has 0 bridgehead atoms. The van der Waals surface area contributed by atoms with E-state index in [1.54, 1.807) is 23.0 Å². The molecular weight excluding hydrogens is 441 g/mol. The first-order valence-electron chi connectivity index (χ1n) is 8.14. The minimum absolute atomic E-state index is 0.0762. The highest BCUT2D eigenvalue weighted by Gasteiger charge is 2.12. The molecular formula is C18H16BrClFN3O3. The number of hydrogen-bond donors (Lipinski definition) is 1. The maximum Gasteiger partial charge on any atom is 0.286 e. The summed E-state index contributed by atoms with van der Waals surface area (Å²) in [5, 5.41) is 7.10. The van der Waals surface area contributed by atoms with Crippen LogP contribution in [0.15, 0.2) is 51.6 Å². The van der Waals surface area contributed by atoms with E-state index in [2.05, 4.69) is 26.3 Å². The molecule has 1 N–H and O–H groups in total. The summed E-state index contributed by atoms with van der Waals surface area (Å²) in [6.45, 7) is 1.27. The van der Waals surface area contributed by atoms with Gasteiger partial charge in [0.05, 0.1) is 15.7 Å². The van der Waals surface area contributed by atoms with Crippen molar-refractivity contribution in [2.45, 2.75) is 19.6 Å². The summed E-state index contributed by atoms with van der Waals surface area (Å²) in [7, 11) is 0. The molecule has 1 amide bonds. The Kier molecular flexibility index (Phi) is 6.52. The highest BCUT2D eigenvalue weighted by Crippen LogP contribution is 2.26. The Balaban J connectivity index is 1.44. The second-order valence-electron chi connectivity index (χ2n) is 5.66. The van der Waals surface area contributed by atoms with E-state index in [-0.39, 0.29) is 23.3 Å². The Hall–Kier alpha value is -2.32. The molecule has 27 heavy (non-hydrogen) atoms. The summed E-state index contributed by atoms with van der Waals surface area (Å²) in [5.74, 6) is 0.250. The largest absolute Gasteiger partial charge is 0.484 e. The third-order valence-corrected chi connectivity index (χ3v) is 4.31. The topological polar surface area (TPSA) is 69.3 Å². The number of aryl methyl sites for hydroxylation is 1. The van der Waals surface area contributed by atoms with E-state index >= 15 is 0 Å². The number of benzene rings is 1. The summed E-state index contributed by atoms with van der Waals surface area (Å²) < 4.78 is 26.7. The number of aromatic nitrogens is 2. The van der Waals surface area contributed by atoms with E-state index in [1.165, 1.54) is 18.2 Å². The molecule has 0 saturated carbocycles. The normalized spacial score (nSPS) is 10.8. The molecule has 2 aromatic heterocycles. The van der Waals surface area contributed by atoms with Gasteiger partial charge in [0.25, 0.3) is 5.91 Å². The number of nitrogens with zero attached hydrogens (tertiary/aromatic N) is 2. The maximum atomic E-state index is 13.0. The minimum Gasteiger partial charge on any atom is -0.484 e. The predicted molar refractivity (Wildman–Crippen MR) is 101 cm³/mol. The van der Waals surface area contributed by atoms with Crippen LogP contribution in [0.2, 0.25) is 5.02 Å². The van der Waals surface area contributed by atoms with Gasteiger partial charge in [0.1, 0.15) is 23.9 Å².